The standard InChI is InChI=1S/C31H35N5O5/c1-16(2)19-9-10-20-23(15-19)41-31(40)21-7-6-8-22(32)24(21)27(37)30(20,31)34-28(38)25-17(3)18(4)26(33-25)29(39)36-13-11-35(5)12-14-36/h6-10,15-16,33,40H,11-14,32H2,1-5H3,(H,34,38). The number of aromatic nitrogens is 1. The lowest BCUT2D eigenvalue weighted by molar-refractivity contribution is -0.169. The molecule has 3 aromatic rings. The van der Waals surface area contributed by atoms with Crippen LogP contribution in [-0.4, -0.2) is 70.7 Å². The molecule has 1 aromatic heterocycles. The van der Waals surface area contributed by atoms with Crippen LogP contribution in [0.1, 0.15) is 78.9 Å². The maximum absolute atomic E-state index is 14.3. The quantitative estimate of drug-likeness (QED) is 0.362. The summed E-state index contributed by atoms with van der Waals surface area (Å²) in [6, 6.07) is 10.2. The molecule has 2 atom stereocenters. The largest absolute Gasteiger partial charge is 0.454 e. The summed E-state index contributed by atoms with van der Waals surface area (Å²) < 4.78 is 6.18. The van der Waals surface area contributed by atoms with Crippen molar-refractivity contribution in [3.8, 4) is 5.75 Å². The number of ether oxygens (including phenoxy) is 1. The number of likely N-dealkylation sites (N-methyl/N-ethyl adjacent to an activating group) is 1. The normalized spacial score (nSPS) is 23.3. The summed E-state index contributed by atoms with van der Waals surface area (Å²) in [6.45, 7) is 10.3. The summed E-state index contributed by atoms with van der Waals surface area (Å²) in [5.74, 6) is -3.14. The predicted molar refractivity (Wildman–Crippen MR) is 153 cm³/mol. The van der Waals surface area contributed by atoms with E-state index in [4.69, 9.17) is 10.5 Å². The van der Waals surface area contributed by atoms with Crippen LogP contribution in [-0.2, 0) is 11.3 Å². The number of fused-ring (bicyclic) bond motifs is 5. The molecule has 6 rings (SSSR count). The Balaban J connectivity index is 1.43. The average molecular weight is 558 g/mol. The van der Waals surface area contributed by atoms with Crippen molar-refractivity contribution in [2.75, 3.05) is 39.0 Å². The van der Waals surface area contributed by atoms with Crippen LogP contribution in [0, 0.1) is 13.8 Å². The van der Waals surface area contributed by atoms with Crippen molar-refractivity contribution < 1.29 is 24.2 Å². The van der Waals surface area contributed by atoms with Crippen molar-refractivity contribution in [3.63, 3.8) is 0 Å². The summed E-state index contributed by atoms with van der Waals surface area (Å²) in [7, 11) is 2.01. The molecule has 2 aliphatic heterocycles. The second-order valence-electron chi connectivity index (χ2n) is 11.7. The van der Waals surface area contributed by atoms with Crippen LogP contribution in [0.15, 0.2) is 36.4 Å². The topological polar surface area (TPSA) is 141 Å². The van der Waals surface area contributed by atoms with Crippen LogP contribution in [0.25, 0.3) is 0 Å². The molecule has 41 heavy (non-hydrogen) atoms. The van der Waals surface area contributed by atoms with Crippen LogP contribution in [0.5, 0.6) is 5.75 Å². The van der Waals surface area contributed by atoms with E-state index in [1.807, 2.05) is 27.0 Å². The molecular weight excluding hydrogens is 522 g/mol. The number of nitrogen functional groups attached to an aromatic ring is 1. The first-order chi connectivity index (χ1) is 19.4. The number of piperazine rings is 1. The molecule has 0 spiro atoms. The van der Waals surface area contributed by atoms with Gasteiger partial charge in [0.25, 0.3) is 17.6 Å². The number of H-pyrrole nitrogens is 1. The maximum atomic E-state index is 14.3. The second kappa shape index (κ2) is 9.19. The SMILES string of the molecule is Cc1c(C(=O)NC23C(=O)c4c(N)cccc4C2(O)Oc2cc(C(C)C)ccc23)[nH]c(C(=O)N2CCN(C)CC2)c1C. The van der Waals surface area contributed by atoms with Gasteiger partial charge in [0.2, 0.25) is 11.3 Å². The molecule has 3 heterocycles. The molecule has 0 bridgehead atoms. The van der Waals surface area contributed by atoms with Crippen LogP contribution in [0.3, 0.4) is 0 Å². The van der Waals surface area contributed by atoms with E-state index in [0.717, 1.165) is 18.7 Å². The molecule has 5 N–H and O–H groups in total. The van der Waals surface area contributed by atoms with Crippen molar-refractivity contribution in [2.24, 2.45) is 0 Å². The van der Waals surface area contributed by atoms with E-state index in [1.165, 1.54) is 0 Å². The number of carbonyl (C=O) groups is 3. The Morgan fingerprint density at radius 3 is 2.41 bits per heavy atom. The Hall–Kier alpha value is -4.15. The number of anilines is 1. The first kappa shape index (κ1) is 27.0. The molecule has 1 fully saturated rings. The number of carbonyl (C=O) groups excluding carboxylic acids is 3. The smallest absolute Gasteiger partial charge is 0.271 e. The lowest BCUT2D eigenvalue weighted by atomic mass is 9.82. The summed E-state index contributed by atoms with van der Waals surface area (Å²) in [6.07, 6.45) is 0. The Morgan fingerprint density at radius 2 is 1.73 bits per heavy atom. The third kappa shape index (κ3) is 3.67. The van der Waals surface area contributed by atoms with Crippen molar-refractivity contribution in [1.29, 1.82) is 0 Å². The number of aromatic amines is 1. The maximum Gasteiger partial charge on any atom is 0.271 e. The van der Waals surface area contributed by atoms with Crippen LogP contribution >= 0.6 is 0 Å². The van der Waals surface area contributed by atoms with Gasteiger partial charge in [0, 0.05) is 43.0 Å². The fraction of sp³-hybridized carbons (Fsp3) is 0.387. The van der Waals surface area contributed by atoms with E-state index in [2.05, 4.69) is 15.2 Å². The Morgan fingerprint density at radius 1 is 1.05 bits per heavy atom. The average Bonchev–Trinajstić information content (AvgIpc) is 3.45. The van der Waals surface area contributed by atoms with E-state index >= 15 is 0 Å². The summed E-state index contributed by atoms with van der Waals surface area (Å²) in [5.41, 5.74) is 7.72. The minimum absolute atomic E-state index is 0.110. The van der Waals surface area contributed by atoms with Gasteiger partial charge in [0.15, 0.2) is 0 Å². The predicted octanol–water partition coefficient (Wildman–Crippen LogP) is 2.78. The Kier molecular flexibility index (Phi) is 6.06. The number of benzene rings is 2. The van der Waals surface area contributed by atoms with Crippen LogP contribution in [0.2, 0.25) is 0 Å². The fourth-order valence-corrected chi connectivity index (χ4v) is 6.27. The number of Topliss-reactive ketones (excluding diaryl/α,β-unsaturated/α-hetero) is 1. The highest BCUT2D eigenvalue weighted by atomic mass is 16.6. The third-order valence-electron chi connectivity index (χ3n) is 8.97. The number of nitrogens with one attached hydrogen (secondary N) is 2. The van der Waals surface area contributed by atoms with Gasteiger partial charge in [-0.05, 0) is 55.6 Å². The van der Waals surface area contributed by atoms with Crippen molar-refractivity contribution in [3.05, 3.63) is 81.2 Å². The van der Waals surface area contributed by atoms with Gasteiger partial charge in [0.05, 0.1) is 5.56 Å². The minimum Gasteiger partial charge on any atom is -0.454 e. The number of nitrogens with zero attached hydrogens (tertiary/aromatic N) is 2. The number of ketones is 1. The van der Waals surface area contributed by atoms with Crippen LogP contribution < -0.4 is 15.8 Å². The highest BCUT2D eigenvalue weighted by molar-refractivity contribution is 6.16. The minimum atomic E-state index is -2.23. The fourth-order valence-electron chi connectivity index (χ4n) is 6.27. The molecule has 2 unspecified atom stereocenters. The van der Waals surface area contributed by atoms with Crippen LogP contribution in [0.4, 0.5) is 5.69 Å². The number of amides is 2. The van der Waals surface area contributed by atoms with Gasteiger partial charge in [-0.15, -0.1) is 0 Å². The Bertz CT molecular complexity index is 1620. The second-order valence-corrected chi connectivity index (χ2v) is 11.7. The van der Waals surface area contributed by atoms with Gasteiger partial charge < -0.3 is 35.7 Å². The highest BCUT2D eigenvalue weighted by Crippen LogP contribution is 2.59. The zero-order valence-electron chi connectivity index (χ0n) is 23.9. The van der Waals surface area contributed by atoms with E-state index in [0.29, 0.717) is 41.2 Å². The Labute approximate surface area is 238 Å². The summed E-state index contributed by atoms with van der Waals surface area (Å²) >= 11 is 0. The van der Waals surface area contributed by atoms with Gasteiger partial charge >= 0.3 is 0 Å². The van der Waals surface area contributed by atoms with Gasteiger partial charge in [0.1, 0.15) is 17.1 Å². The molecule has 214 valence electrons. The van der Waals surface area contributed by atoms with E-state index in [1.54, 1.807) is 49.1 Å². The number of rotatable bonds is 4. The number of nitrogens with two attached hydrogens (primary N) is 1. The molecule has 10 heteroatoms. The molecule has 0 saturated carbocycles. The zero-order valence-corrected chi connectivity index (χ0v) is 23.9. The zero-order chi connectivity index (χ0) is 29.4. The monoisotopic (exact) mass is 557 g/mol. The van der Waals surface area contributed by atoms with E-state index < -0.39 is 23.0 Å². The lowest BCUT2D eigenvalue weighted by Gasteiger charge is -2.34. The van der Waals surface area contributed by atoms with E-state index in [-0.39, 0.29) is 34.3 Å². The van der Waals surface area contributed by atoms with Gasteiger partial charge in [-0.3, -0.25) is 14.4 Å². The molecular formula is C31H35N5O5. The number of aliphatic hydroxyl groups is 1. The lowest BCUT2D eigenvalue weighted by Crippen LogP contribution is -2.60. The summed E-state index contributed by atoms with van der Waals surface area (Å²) in [5, 5.41) is 15.1. The number of hydrogen-bond donors (Lipinski definition) is 4. The van der Waals surface area contributed by atoms with Crippen molar-refractivity contribution in [1.82, 2.24) is 20.1 Å². The first-order valence-corrected chi connectivity index (χ1v) is 13.9. The molecule has 3 aliphatic rings. The van der Waals surface area contributed by atoms with Gasteiger partial charge in [-0.2, -0.15) is 0 Å². The molecule has 2 amide bonds. The van der Waals surface area contributed by atoms with Gasteiger partial charge in [-0.1, -0.05) is 38.1 Å². The molecule has 10 nitrogen and oxygen atoms in total. The van der Waals surface area contributed by atoms with Crippen molar-refractivity contribution >= 4 is 23.3 Å². The molecule has 1 saturated heterocycles. The summed E-state index contributed by atoms with van der Waals surface area (Å²) in [4.78, 5) is 48.7. The van der Waals surface area contributed by atoms with Gasteiger partial charge in [-0.25, -0.2) is 0 Å². The van der Waals surface area contributed by atoms with E-state index in [9.17, 15) is 19.5 Å². The first-order valence-electron chi connectivity index (χ1n) is 13.9. The van der Waals surface area contributed by atoms with Crippen molar-refractivity contribution in [2.45, 2.75) is 44.9 Å². The highest BCUT2D eigenvalue weighted by Gasteiger charge is 2.72. The molecule has 2 aromatic carbocycles. The third-order valence-corrected chi connectivity index (χ3v) is 8.97. The number of hydrogen-bond acceptors (Lipinski definition) is 7. The molecule has 0 radical (unpaired) electrons. The molecule has 1 aliphatic carbocycles.